The molecule has 2 aromatic rings. The maximum Gasteiger partial charge on any atom is 0.339 e. The number of amides is 1. The number of carbonyl (C=O) groups excluding carboxylic acids is 1. The molecule has 0 atom stereocenters. The van der Waals surface area contributed by atoms with Crippen molar-refractivity contribution in [2.75, 3.05) is 7.11 Å². The molecule has 110 valence electrons. The van der Waals surface area contributed by atoms with Crippen molar-refractivity contribution in [1.29, 1.82) is 0 Å². The largest absolute Gasteiger partial charge is 0.493 e. The molecule has 0 bridgehead atoms. The molecule has 0 radical (unpaired) electrons. The van der Waals surface area contributed by atoms with Crippen LogP contribution in [0.1, 0.15) is 10.4 Å². The highest BCUT2D eigenvalue weighted by Crippen LogP contribution is 2.30. The van der Waals surface area contributed by atoms with Crippen molar-refractivity contribution in [3.8, 4) is 11.5 Å². The minimum Gasteiger partial charge on any atom is -0.493 e. The first kappa shape index (κ1) is 14.9. The summed E-state index contributed by atoms with van der Waals surface area (Å²) in [4.78, 5) is 11.1. The molecule has 0 fully saturated rings. The molecule has 2 rings (SSSR count). The lowest BCUT2D eigenvalue weighted by Crippen LogP contribution is -2.13. The number of hydrogen-bond acceptors (Lipinski definition) is 5. The fourth-order valence-corrected chi connectivity index (χ4v) is 2.60. The lowest BCUT2D eigenvalue weighted by molar-refractivity contribution is 0.1000. The predicted octanol–water partition coefficient (Wildman–Crippen LogP) is 1.56. The molecule has 21 heavy (non-hydrogen) atoms. The molecule has 0 aromatic heterocycles. The molecule has 0 unspecified atom stereocenters. The second-order valence-corrected chi connectivity index (χ2v) is 5.63. The molecule has 0 saturated carbocycles. The Morgan fingerprint density at radius 3 is 2.29 bits per heavy atom. The Labute approximate surface area is 122 Å². The maximum atomic E-state index is 12.1. The van der Waals surface area contributed by atoms with Gasteiger partial charge in [-0.25, -0.2) is 0 Å². The number of hydrogen-bond donors (Lipinski definition) is 1. The van der Waals surface area contributed by atoms with E-state index in [0.717, 1.165) is 0 Å². The number of nitrogens with two attached hydrogens (primary N) is 1. The van der Waals surface area contributed by atoms with E-state index in [4.69, 9.17) is 14.7 Å². The predicted molar refractivity (Wildman–Crippen MR) is 75.8 cm³/mol. The third-order valence-electron chi connectivity index (χ3n) is 2.68. The molecule has 6 nitrogen and oxygen atoms in total. The second-order valence-electron chi connectivity index (χ2n) is 4.08. The molecule has 0 aliphatic carbocycles. The summed E-state index contributed by atoms with van der Waals surface area (Å²) in [5, 5.41) is 0. The molecule has 1 amide bonds. The lowest BCUT2D eigenvalue weighted by atomic mass is 10.2. The van der Waals surface area contributed by atoms with Crippen LogP contribution >= 0.6 is 0 Å². The number of benzene rings is 2. The highest BCUT2D eigenvalue weighted by molar-refractivity contribution is 7.87. The second kappa shape index (κ2) is 5.84. The van der Waals surface area contributed by atoms with Crippen LogP contribution in [0.15, 0.2) is 53.4 Å². The average molecular weight is 307 g/mol. The van der Waals surface area contributed by atoms with E-state index in [1.165, 1.54) is 37.4 Å². The lowest BCUT2D eigenvalue weighted by Gasteiger charge is -2.11. The molecule has 0 aliphatic rings. The van der Waals surface area contributed by atoms with Crippen LogP contribution in [-0.4, -0.2) is 21.4 Å². The normalized spacial score (nSPS) is 10.9. The first-order valence-corrected chi connectivity index (χ1v) is 7.32. The van der Waals surface area contributed by atoms with Crippen LogP contribution < -0.4 is 14.7 Å². The van der Waals surface area contributed by atoms with E-state index in [2.05, 4.69) is 0 Å². The maximum absolute atomic E-state index is 12.1. The minimum absolute atomic E-state index is 0.0195. The molecular weight excluding hydrogens is 294 g/mol. The smallest absolute Gasteiger partial charge is 0.339 e. The van der Waals surface area contributed by atoms with E-state index >= 15 is 0 Å². The van der Waals surface area contributed by atoms with Crippen molar-refractivity contribution < 1.29 is 22.1 Å². The summed E-state index contributed by atoms with van der Waals surface area (Å²) >= 11 is 0. The monoisotopic (exact) mass is 307 g/mol. The number of carbonyl (C=O) groups is 1. The number of rotatable bonds is 5. The van der Waals surface area contributed by atoms with Crippen LogP contribution in [0.3, 0.4) is 0 Å². The van der Waals surface area contributed by atoms with Crippen molar-refractivity contribution in [3.05, 3.63) is 54.1 Å². The Morgan fingerprint density at radius 2 is 1.71 bits per heavy atom. The molecular formula is C14H13NO5S. The van der Waals surface area contributed by atoms with Gasteiger partial charge < -0.3 is 14.7 Å². The Kier molecular flexibility index (Phi) is 4.13. The third-order valence-corrected chi connectivity index (χ3v) is 3.93. The van der Waals surface area contributed by atoms with E-state index in [1.54, 1.807) is 18.2 Å². The zero-order chi connectivity index (χ0) is 15.5. The molecule has 0 aliphatic heterocycles. The molecule has 2 N–H and O–H groups in total. The van der Waals surface area contributed by atoms with E-state index in [1.807, 2.05) is 0 Å². The van der Waals surface area contributed by atoms with Gasteiger partial charge in [0.2, 0.25) is 5.91 Å². The van der Waals surface area contributed by atoms with Crippen molar-refractivity contribution in [1.82, 2.24) is 0 Å². The zero-order valence-electron chi connectivity index (χ0n) is 11.1. The van der Waals surface area contributed by atoms with Crippen LogP contribution in [0.5, 0.6) is 11.5 Å². The topological polar surface area (TPSA) is 95.7 Å². The van der Waals surface area contributed by atoms with Crippen molar-refractivity contribution in [2.24, 2.45) is 5.73 Å². The Hall–Kier alpha value is -2.54. The summed E-state index contributed by atoms with van der Waals surface area (Å²) in [6, 6.07) is 11.7. The van der Waals surface area contributed by atoms with Gasteiger partial charge >= 0.3 is 10.1 Å². The van der Waals surface area contributed by atoms with Crippen LogP contribution in [0.25, 0.3) is 0 Å². The van der Waals surface area contributed by atoms with Gasteiger partial charge in [-0.2, -0.15) is 8.42 Å². The zero-order valence-corrected chi connectivity index (χ0v) is 12.0. The molecule has 0 spiro atoms. The van der Waals surface area contributed by atoms with E-state index in [9.17, 15) is 13.2 Å². The van der Waals surface area contributed by atoms with Gasteiger partial charge in [0.1, 0.15) is 4.90 Å². The highest BCUT2D eigenvalue weighted by Gasteiger charge is 2.19. The van der Waals surface area contributed by atoms with Gasteiger partial charge in [0.05, 0.1) is 7.11 Å². The Bertz CT molecular complexity index is 756. The molecule has 7 heteroatoms. The molecule has 0 heterocycles. The van der Waals surface area contributed by atoms with Crippen LogP contribution in [-0.2, 0) is 10.1 Å². The van der Waals surface area contributed by atoms with Gasteiger partial charge in [0.15, 0.2) is 11.5 Å². The molecule has 0 saturated heterocycles. The van der Waals surface area contributed by atoms with Crippen molar-refractivity contribution in [2.45, 2.75) is 4.90 Å². The quantitative estimate of drug-likeness (QED) is 0.846. The standard InChI is InChI=1S/C14H13NO5S/c1-19-13-9-10(14(15)16)7-8-12(13)20-21(17,18)11-5-3-2-4-6-11/h2-9H,1H3,(H2,15,16). The van der Waals surface area contributed by atoms with Gasteiger partial charge in [0, 0.05) is 5.56 Å². The van der Waals surface area contributed by atoms with Crippen molar-refractivity contribution >= 4 is 16.0 Å². The fourth-order valence-electron chi connectivity index (χ4n) is 1.64. The first-order chi connectivity index (χ1) is 9.94. The summed E-state index contributed by atoms with van der Waals surface area (Å²) in [5.74, 6) is -0.567. The first-order valence-electron chi connectivity index (χ1n) is 5.91. The SMILES string of the molecule is COc1cc(C(N)=O)ccc1OS(=O)(=O)c1ccccc1. The van der Waals surface area contributed by atoms with E-state index in [0.29, 0.717) is 0 Å². The van der Waals surface area contributed by atoms with Crippen molar-refractivity contribution in [3.63, 3.8) is 0 Å². The average Bonchev–Trinajstić information content (AvgIpc) is 2.48. The summed E-state index contributed by atoms with van der Waals surface area (Å²) in [5.41, 5.74) is 5.34. The summed E-state index contributed by atoms with van der Waals surface area (Å²) < 4.78 is 34.3. The van der Waals surface area contributed by atoms with Gasteiger partial charge in [-0.1, -0.05) is 18.2 Å². The Balaban J connectivity index is 2.38. The van der Waals surface area contributed by atoms with Crippen LogP contribution in [0.4, 0.5) is 0 Å². The number of methoxy groups -OCH3 is 1. The third kappa shape index (κ3) is 3.32. The van der Waals surface area contributed by atoms with E-state index in [-0.39, 0.29) is 22.0 Å². The summed E-state index contributed by atoms with van der Waals surface area (Å²) in [6.07, 6.45) is 0. The number of ether oxygens (including phenoxy) is 1. The molecule has 2 aromatic carbocycles. The summed E-state index contributed by atoms with van der Waals surface area (Å²) in [7, 11) is -2.64. The number of primary amides is 1. The van der Waals surface area contributed by atoms with Crippen LogP contribution in [0, 0.1) is 0 Å². The van der Waals surface area contributed by atoms with Crippen LogP contribution in [0.2, 0.25) is 0 Å². The highest BCUT2D eigenvalue weighted by atomic mass is 32.2. The van der Waals surface area contributed by atoms with Gasteiger partial charge in [-0.15, -0.1) is 0 Å². The van der Waals surface area contributed by atoms with E-state index < -0.39 is 16.0 Å². The van der Waals surface area contributed by atoms with Gasteiger partial charge in [-0.05, 0) is 30.3 Å². The summed E-state index contributed by atoms with van der Waals surface area (Å²) in [6.45, 7) is 0. The van der Waals surface area contributed by atoms with Gasteiger partial charge in [0.25, 0.3) is 0 Å². The minimum atomic E-state index is -3.98. The van der Waals surface area contributed by atoms with Gasteiger partial charge in [-0.3, -0.25) is 4.79 Å². The fraction of sp³-hybridized carbons (Fsp3) is 0.0714. The Morgan fingerprint density at radius 1 is 1.05 bits per heavy atom.